The molecule has 0 amide bonds. The van der Waals surface area contributed by atoms with Gasteiger partial charge in [-0.3, -0.25) is 0 Å². The van der Waals surface area contributed by atoms with E-state index in [-0.39, 0.29) is 0 Å². The van der Waals surface area contributed by atoms with Crippen molar-refractivity contribution in [2.75, 3.05) is 0 Å². The fraction of sp³-hybridized carbons (Fsp3) is 0.400. The third-order valence-electron chi connectivity index (χ3n) is 0.569. The second-order valence-corrected chi connectivity index (χ2v) is 3.26. The van der Waals surface area contributed by atoms with Crippen molar-refractivity contribution < 1.29 is 0 Å². The zero-order valence-corrected chi connectivity index (χ0v) is 6.28. The molecule has 1 atom stereocenters. The highest BCUT2D eigenvalue weighted by Gasteiger charge is 1.83. The Morgan fingerprint density at radius 2 is 2.33 bits per heavy atom. The number of hydrogen-bond donors (Lipinski definition) is 0. The minimum absolute atomic E-state index is 0.669. The van der Waals surface area contributed by atoms with E-state index in [0.29, 0.717) is 5.54 Å². The average Bonchev–Trinajstić information content (AvgIpc) is 1.35. The summed E-state index contributed by atoms with van der Waals surface area (Å²) in [4.78, 5) is 0. The van der Waals surface area contributed by atoms with Crippen LogP contribution in [0.25, 0.3) is 0 Å². The summed E-state index contributed by atoms with van der Waals surface area (Å²) < 4.78 is 0. The first-order valence-electron chi connectivity index (χ1n) is 2.21. The zero-order chi connectivity index (χ0) is 4.99. The predicted molar refractivity (Wildman–Crippen MR) is 33.9 cm³/mol. The second kappa shape index (κ2) is 3.16. The normalized spacial score (nSPS) is 14.2. The van der Waals surface area contributed by atoms with Crippen molar-refractivity contribution in [1.29, 1.82) is 0 Å². The molecular formula is C5H11Si. The molecule has 1 heteroatoms. The molecule has 6 heavy (non-hydrogen) atoms. The second-order valence-electron chi connectivity index (χ2n) is 1.63. The van der Waals surface area contributed by atoms with Crippen molar-refractivity contribution in [3.63, 3.8) is 0 Å². The van der Waals surface area contributed by atoms with Gasteiger partial charge in [-0.1, -0.05) is 18.5 Å². The van der Waals surface area contributed by atoms with Gasteiger partial charge in [-0.2, -0.15) is 0 Å². The van der Waals surface area contributed by atoms with Gasteiger partial charge in [0.25, 0.3) is 0 Å². The lowest BCUT2D eigenvalue weighted by Crippen LogP contribution is -1.78. The molecule has 0 bridgehead atoms. The quantitative estimate of drug-likeness (QED) is 0.350. The minimum Gasteiger partial charge on any atom is -0.103 e. The van der Waals surface area contributed by atoms with Crippen LogP contribution in [-0.2, 0) is 0 Å². The Morgan fingerprint density at radius 1 is 1.83 bits per heavy atom. The maximum atomic E-state index is 3.82. The molecule has 0 saturated carbocycles. The SMILES string of the molecule is [CH2]C([SiH3])CC=C. The molecule has 0 aliphatic heterocycles. The number of allylic oxidation sites excluding steroid dienone is 1. The molecule has 0 aliphatic carbocycles. The smallest absolute Gasteiger partial charge is 0.00712 e. The third-order valence-corrected chi connectivity index (χ3v) is 1.04. The van der Waals surface area contributed by atoms with Crippen LogP contribution < -0.4 is 0 Å². The Balaban J connectivity index is 2.81. The van der Waals surface area contributed by atoms with E-state index in [1.54, 1.807) is 0 Å². The topological polar surface area (TPSA) is 0 Å². The summed E-state index contributed by atoms with van der Waals surface area (Å²) in [6.07, 6.45) is 3.01. The molecule has 1 unspecified atom stereocenters. The summed E-state index contributed by atoms with van der Waals surface area (Å²) in [5.74, 6) is 0. The van der Waals surface area contributed by atoms with Crippen LogP contribution >= 0.6 is 0 Å². The number of rotatable bonds is 2. The van der Waals surface area contributed by atoms with Crippen molar-refractivity contribution in [1.82, 2.24) is 0 Å². The van der Waals surface area contributed by atoms with Gasteiger partial charge >= 0.3 is 0 Å². The highest BCUT2D eigenvalue weighted by atomic mass is 28.1. The van der Waals surface area contributed by atoms with E-state index in [2.05, 4.69) is 13.5 Å². The van der Waals surface area contributed by atoms with Gasteiger partial charge in [-0.05, 0) is 6.42 Å². The first-order chi connectivity index (χ1) is 2.77. The molecule has 0 rings (SSSR count). The molecule has 0 aromatic heterocycles. The minimum atomic E-state index is 0.669. The largest absolute Gasteiger partial charge is 0.103 e. The summed E-state index contributed by atoms with van der Waals surface area (Å²) in [5, 5.41) is 0. The molecule has 0 spiro atoms. The highest BCUT2D eigenvalue weighted by molar-refractivity contribution is 6.12. The molecule has 0 heterocycles. The highest BCUT2D eigenvalue weighted by Crippen LogP contribution is 1.99. The predicted octanol–water partition coefficient (Wildman–Crippen LogP) is 0.550. The molecule has 35 valence electrons. The van der Waals surface area contributed by atoms with Gasteiger partial charge in [0.05, 0.1) is 0 Å². The van der Waals surface area contributed by atoms with E-state index < -0.39 is 0 Å². The molecule has 0 aromatic carbocycles. The van der Waals surface area contributed by atoms with Crippen molar-refractivity contribution in [2.24, 2.45) is 0 Å². The van der Waals surface area contributed by atoms with E-state index in [9.17, 15) is 0 Å². The van der Waals surface area contributed by atoms with Gasteiger partial charge in [0.1, 0.15) is 0 Å². The Morgan fingerprint density at radius 3 is 2.33 bits per heavy atom. The van der Waals surface area contributed by atoms with Gasteiger partial charge < -0.3 is 0 Å². The Kier molecular flexibility index (Phi) is 3.14. The van der Waals surface area contributed by atoms with E-state index in [0.717, 1.165) is 6.42 Å². The van der Waals surface area contributed by atoms with Crippen LogP contribution in [0, 0.1) is 6.92 Å². The van der Waals surface area contributed by atoms with Crippen molar-refractivity contribution >= 4 is 10.2 Å². The van der Waals surface area contributed by atoms with Crippen LogP contribution in [-0.4, -0.2) is 10.2 Å². The molecule has 0 nitrogen and oxygen atoms in total. The standard InChI is InChI=1S/C5H11Si/c1-3-4-5(2)6/h3,5H,1-2,4H2,6H3. The van der Waals surface area contributed by atoms with E-state index in [1.165, 1.54) is 10.2 Å². The molecule has 0 aliphatic rings. The monoisotopic (exact) mass is 99.1 g/mol. The van der Waals surface area contributed by atoms with Crippen molar-refractivity contribution in [3.05, 3.63) is 19.6 Å². The van der Waals surface area contributed by atoms with Crippen LogP contribution in [0.2, 0.25) is 5.54 Å². The Bertz CT molecular complexity index is 39.2. The summed E-state index contributed by atoms with van der Waals surface area (Å²) >= 11 is 0. The van der Waals surface area contributed by atoms with Gasteiger partial charge in [0.2, 0.25) is 0 Å². The van der Waals surface area contributed by atoms with Crippen LogP contribution in [0.3, 0.4) is 0 Å². The van der Waals surface area contributed by atoms with E-state index in [1.807, 2.05) is 6.08 Å². The first kappa shape index (κ1) is 5.96. The first-order valence-corrected chi connectivity index (χ1v) is 3.37. The van der Waals surface area contributed by atoms with E-state index in [4.69, 9.17) is 0 Å². The maximum absolute atomic E-state index is 3.82. The molecule has 0 aromatic rings. The lowest BCUT2D eigenvalue weighted by molar-refractivity contribution is 1.04. The van der Waals surface area contributed by atoms with Gasteiger partial charge in [0.15, 0.2) is 0 Å². The summed E-state index contributed by atoms with van der Waals surface area (Å²) in [6.45, 7) is 7.40. The lowest BCUT2D eigenvalue weighted by Gasteiger charge is -1.92. The average molecular weight is 99.2 g/mol. The van der Waals surface area contributed by atoms with Crippen molar-refractivity contribution in [3.8, 4) is 0 Å². The number of hydrogen-bond acceptors (Lipinski definition) is 0. The van der Waals surface area contributed by atoms with Crippen LogP contribution in [0.15, 0.2) is 12.7 Å². The van der Waals surface area contributed by atoms with Gasteiger partial charge in [-0.15, -0.1) is 6.58 Å². The summed E-state index contributed by atoms with van der Waals surface area (Å²) in [6, 6.07) is 0. The lowest BCUT2D eigenvalue weighted by atomic mass is 10.3. The fourth-order valence-corrected chi connectivity index (χ4v) is 0.618. The van der Waals surface area contributed by atoms with E-state index >= 15 is 0 Å². The summed E-state index contributed by atoms with van der Waals surface area (Å²) in [5.41, 5.74) is 0.669. The molecular weight excluding hydrogens is 88.1 g/mol. The molecule has 0 saturated heterocycles. The van der Waals surface area contributed by atoms with Crippen LogP contribution in [0.4, 0.5) is 0 Å². The Labute approximate surface area is 42.7 Å². The van der Waals surface area contributed by atoms with Crippen LogP contribution in [0.1, 0.15) is 6.42 Å². The maximum Gasteiger partial charge on any atom is 0.00712 e. The Hall–Kier alpha value is -0.0431. The third kappa shape index (κ3) is 3.96. The molecule has 1 radical (unpaired) electrons. The molecule has 0 N–H and O–H groups in total. The summed E-state index contributed by atoms with van der Waals surface area (Å²) in [7, 11) is 1.20. The van der Waals surface area contributed by atoms with Crippen LogP contribution in [0.5, 0.6) is 0 Å². The fourth-order valence-electron chi connectivity index (χ4n) is 0.285. The zero-order valence-electron chi connectivity index (χ0n) is 4.28. The van der Waals surface area contributed by atoms with Crippen molar-refractivity contribution in [2.45, 2.75) is 12.0 Å². The van der Waals surface area contributed by atoms with Gasteiger partial charge in [0, 0.05) is 10.2 Å². The van der Waals surface area contributed by atoms with Gasteiger partial charge in [-0.25, -0.2) is 0 Å². The molecule has 0 fully saturated rings.